The summed E-state index contributed by atoms with van der Waals surface area (Å²) in [6.07, 6.45) is 0.754. The number of carbonyl (C=O) groups excluding carboxylic acids is 2. The summed E-state index contributed by atoms with van der Waals surface area (Å²) >= 11 is 0. The van der Waals surface area contributed by atoms with E-state index in [9.17, 15) is 9.59 Å². The van der Waals surface area contributed by atoms with Crippen molar-refractivity contribution >= 4 is 35.6 Å². The Kier molecular flexibility index (Phi) is 11.2. The van der Waals surface area contributed by atoms with Crippen LogP contribution in [0, 0.1) is 0 Å². The Morgan fingerprint density at radius 1 is 0.778 bits per heavy atom. The Hall–Kier alpha value is -3.55. The average molecular weight is 512 g/mol. The third-order valence-electron chi connectivity index (χ3n) is 5.91. The third kappa shape index (κ3) is 7.23. The minimum Gasteiger partial charge on any atom is -0.496 e. The van der Waals surface area contributed by atoms with E-state index in [1.165, 1.54) is 14.2 Å². The lowest BCUT2D eigenvalue weighted by Crippen LogP contribution is -2.25. The van der Waals surface area contributed by atoms with Crippen molar-refractivity contribution in [1.29, 1.82) is 0 Å². The van der Waals surface area contributed by atoms with Gasteiger partial charge in [0.1, 0.15) is 11.5 Å². The molecular weight excluding hydrogens is 478 g/mol. The fourth-order valence-electron chi connectivity index (χ4n) is 3.86. The van der Waals surface area contributed by atoms with Gasteiger partial charge in [0.15, 0.2) is 0 Å². The van der Waals surface area contributed by atoms with E-state index in [0.717, 1.165) is 31.6 Å². The van der Waals surface area contributed by atoms with Crippen LogP contribution in [0.25, 0.3) is 0 Å². The highest BCUT2D eigenvalue weighted by Gasteiger charge is 2.16. The van der Waals surface area contributed by atoms with Gasteiger partial charge in [0.05, 0.1) is 25.3 Å². The van der Waals surface area contributed by atoms with E-state index in [2.05, 4.69) is 29.4 Å². The molecular formula is C28H34ClN3O4. The summed E-state index contributed by atoms with van der Waals surface area (Å²) in [5.74, 6) is 0.418. The summed E-state index contributed by atoms with van der Waals surface area (Å²) in [4.78, 5) is 28.4. The number of hydrogen-bond acceptors (Lipinski definition) is 5. The van der Waals surface area contributed by atoms with Crippen LogP contribution < -0.4 is 20.1 Å². The zero-order valence-electron chi connectivity index (χ0n) is 21.2. The summed E-state index contributed by atoms with van der Waals surface area (Å²) < 4.78 is 10.7. The highest BCUT2D eigenvalue weighted by Crippen LogP contribution is 2.26. The monoisotopic (exact) mass is 511 g/mol. The van der Waals surface area contributed by atoms with E-state index in [-0.39, 0.29) is 24.2 Å². The van der Waals surface area contributed by atoms with Crippen molar-refractivity contribution in [1.82, 2.24) is 4.90 Å². The van der Waals surface area contributed by atoms with E-state index < -0.39 is 0 Å². The fraction of sp³-hybridized carbons (Fsp3) is 0.286. The number of nitrogens with one attached hydrogen (secondary N) is 2. The van der Waals surface area contributed by atoms with Crippen LogP contribution in [0.2, 0.25) is 0 Å². The van der Waals surface area contributed by atoms with Gasteiger partial charge < -0.3 is 25.0 Å². The van der Waals surface area contributed by atoms with Crippen LogP contribution in [-0.4, -0.2) is 50.6 Å². The highest BCUT2D eigenvalue weighted by molar-refractivity contribution is 6.08. The van der Waals surface area contributed by atoms with Crippen LogP contribution >= 0.6 is 12.4 Å². The molecule has 0 aliphatic carbocycles. The number of anilines is 2. The minimum atomic E-state index is -0.291. The molecule has 0 bridgehead atoms. The van der Waals surface area contributed by atoms with Crippen LogP contribution in [-0.2, 0) is 6.42 Å². The quantitative estimate of drug-likeness (QED) is 0.354. The van der Waals surface area contributed by atoms with Crippen molar-refractivity contribution < 1.29 is 19.1 Å². The summed E-state index contributed by atoms with van der Waals surface area (Å²) in [6, 6.07) is 19.7. The van der Waals surface area contributed by atoms with Crippen LogP contribution in [0.4, 0.5) is 11.4 Å². The zero-order valence-corrected chi connectivity index (χ0v) is 22.0. The van der Waals surface area contributed by atoms with Crippen molar-refractivity contribution in [3.05, 3.63) is 83.4 Å². The van der Waals surface area contributed by atoms with E-state index >= 15 is 0 Å². The molecule has 0 aliphatic rings. The lowest BCUT2D eigenvalue weighted by molar-refractivity contribution is 0.101. The van der Waals surface area contributed by atoms with E-state index in [0.29, 0.717) is 34.0 Å². The maximum atomic E-state index is 13.1. The minimum absolute atomic E-state index is 0. The second kappa shape index (κ2) is 14.1. The second-order valence-electron chi connectivity index (χ2n) is 7.96. The van der Waals surface area contributed by atoms with Gasteiger partial charge in [-0.25, -0.2) is 0 Å². The van der Waals surface area contributed by atoms with Crippen molar-refractivity contribution in [3.63, 3.8) is 0 Å². The van der Waals surface area contributed by atoms with Gasteiger partial charge >= 0.3 is 0 Å². The summed E-state index contributed by atoms with van der Waals surface area (Å²) in [5, 5.41) is 5.94. The lowest BCUT2D eigenvalue weighted by atomic mass is 10.1. The van der Waals surface area contributed by atoms with Gasteiger partial charge in [0, 0.05) is 17.9 Å². The average Bonchev–Trinajstić information content (AvgIpc) is 2.90. The first-order valence-electron chi connectivity index (χ1n) is 11.7. The molecule has 192 valence electrons. The molecule has 0 unspecified atom stereocenters. The third-order valence-corrected chi connectivity index (χ3v) is 5.91. The van der Waals surface area contributed by atoms with E-state index in [1.807, 2.05) is 24.3 Å². The topological polar surface area (TPSA) is 79.9 Å². The van der Waals surface area contributed by atoms with Gasteiger partial charge in [0.2, 0.25) is 0 Å². The van der Waals surface area contributed by atoms with Gasteiger partial charge in [-0.3, -0.25) is 9.59 Å². The number of rotatable bonds is 11. The Morgan fingerprint density at radius 3 is 1.83 bits per heavy atom. The summed E-state index contributed by atoms with van der Waals surface area (Å²) in [7, 11) is 3.07. The van der Waals surface area contributed by atoms with Gasteiger partial charge in [-0.2, -0.15) is 0 Å². The Morgan fingerprint density at radius 2 is 1.31 bits per heavy atom. The molecule has 0 saturated heterocycles. The lowest BCUT2D eigenvalue weighted by Gasteiger charge is -2.20. The van der Waals surface area contributed by atoms with Crippen molar-refractivity contribution in [2.75, 3.05) is 44.5 Å². The molecule has 0 spiro atoms. The molecule has 2 N–H and O–H groups in total. The molecule has 36 heavy (non-hydrogen) atoms. The Labute approximate surface area is 219 Å². The predicted molar refractivity (Wildman–Crippen MR) is 147 cm³/mol. The molecule has 0 atom stereocenters. The molecule has 7 nitrogen and oxygen atoms in total. The Balaban J connectivity index is 0.00000456. The SMILES string of the molecule is CCN(CC)CCc1ccc(NC(=O)c2ccccc2OC)cc1NC(=O)c1ccccc1OC.Cl. The highest BCUT2D eigenvalue weighted by atomic mass is 35.5. The molecule has 0 radical (unpaired) electrons. The maximum absolute atomic E-state index is 13.1. The van der Waals surface area contributed by atoms with Crippen molar-refractivity contribution in [3.8, 4) is 11.5 Å². The number of likely N-dealkylation sites (N-methyl/N-ethyl adjacent to an activating group) is 1. The first-order valence-corrected chi connectivity index (χ1v) is 11.7. The number of para-hydroxylation sites is 2. The predicted octanol–water partition coefficient (Wildman–Crippen LogP) is 5.51. The van der Waals surface area contributed by atoms with Crippen LogP contribution in [0.3, 0.4) is 0 Å². The molecule has 0 saturated carbocycles. The zero-order chi connectivity index (χ0) is 25.2. The number of carbonyl (C=O) groups is 2. The summed E-state index contributed by atoms with van der Waals surface area (Å²) in [5.41, 5.74) is 3.07. The first-order chi connectivity index (χ1) is 17.0. The van der Waals surface area contributed by atoms with Gasteiger partial charge in [0.25, 0.3) is 11.8 Å². The molecule has 0 aromatic heterocycles. The number of benzene rings is 3. The van der Waals surface area contributed by atoms with Crippen LogP contribution in [0.15, 0.2) is 66.7 Å². The smallest absolute Gasteiger partial charge is 0.259 e. The maximum Gasteiger partial charge on any atom is 0.259 e. The largest absolute Gasteiger partial charge is 0.496 e. The summed E-state index contributed by atoms with van der Waals surface area (Å²) in [6.45, 7) is 7.02. The number of amides is 2. The van der Waals surface area contributed by atoms with Gasteiger partial charge in [-0.05, 0) is 61.5 Å². The van der Waals surface area contributed by atoms with Gasteiger partial charge in [-0.15, -0.1) is 12.4 Å². The van der Waals surface area contributed by atoms with Crippen molar-refractivity contribution in [2.24, 2.45) is 0 Å². The van der Waals surface area contributed by atoms with Crippen molar-refractivity contribution in [2.45, 2.75) is 20.3 Å². The Bertz CT molecular complexity index is 1170. The van der Waals surface area contributed by atoms with Crippen LogP contribution in [0.1, 0.15) is 40.1 Å². The standard InChI is InChI=1S/C28H33N3O4.ClH/c1-5-31(6-2)18-17-20-15-16-21(29-27(32)22-11-7-9-13-25(22)34-3)19-24(20)30-28(33)23-12-8-10-14-26(23)35-4;/h7-16,19H,5-6,17-18H2,1-4H3,(H,29,32)(H,30,33);1H. The molecule has 3 aromatic carbocycles. The number of ether oxygens (including phenoxy) is 2. The molecule has 3 rings (SSSR count). The normalized spacial score (nSPS) is 10.4. The molecule has 0 aliphatic heterocycles. The number of hydrogen-bond donors (Lipinski definition) is 2. The molecule has 8 heteroatoms. The molecule has 0 fully saturated rings. The molecule has 2 amide bonds. The first kappa shape index (κ1) is 28.7. The number of methoxy groups -OCH3 is 2. The number of nitrogens with zero attached hydrogens (tertiary/aromatic N) is 1. The molecule has 3 aromatic rings. The molecule has 0 heterocycles. The van der Waals surface area contributed by atoms with Crippen LogP contribution in [0.5, 0.6) is 11.5 Å². The number of halogens is 1. The van der Waals surface area contributed by atoms with E-state index in [4.69, 9.17) is 9.47 Å². The van der Waals surface area contributed by atoms with Gasteiger partial charge in [-0.1, -0.05) is 44.2 Å². The van der Waals surface area contributed by atoms with E-state index in [1.54, 1.807) is 42.5 Å². The fourth-order valence-corrected chi connectivity index (χ4v) is 3.86. The second-order valence-corrected chi connectivity index (χ2v) is 7.96.